The van der Waals surface area contributed by atoms with Crippen molar-refractivity contribution in [2.75, 3.05) is 13.2 Å². The van der Waals surface area contributed by atoms with E-state index in [9.17, 15) is 0 Å². The van der Waals surface area contributed by atoms with Crippen LogP contribution in [0.1, 0.15) is 112 Å². The van der Waals surface area contributed by atoms with Crippen LogP contribution in [-0.2, 0) is 28.8 Å². The standard InChI is InChI=1S/C25H45O2.2ClH.Zr/c1-24(2,3)26-20-13-9-7-11-16-22-18-15-19-23(22)17-12-8-10-14-21-27-25(4,5)6;;;/h18H,7-17,20-21H2,1-6H3;2*1H;/q;;;+2/p-2. The molecule has 1 aliphatic rings. The van der Waals surface area contributed by atoms with Crippen LogP contribution < -0.4 is 0 Å². The Morgan fingerprint density at radius 3 is 1.67 bits per heavy atom. The SMILES string of the molecule is CC(C)(C)OCCCCCCC1=CC[C]([Zr]([Cl])[Cl])=C1CCCCCCOC(C)(C)C. The van der Waals surface area contributed by atoms with Crippen molar-refractivity contribution in [3.05, 3.63) is 20.5 Å². The van der Waals surface area contributed by atoms with Gasteiger partial charge in [-0.3, -0.25) is 0 Å². The molecule has 0 bridgehead atoms. The molecule has 0 aromatic heterocycles. The average molecular weight is 540 g/mol. The third-order valence-electron chi connectivity index (χ3n) is 5.26. The van der Waals surface area contributed by atoms with Crippen LogP contribution in [-0.4, -0.2) is 24.4 Å². The van der Waals surface area contributed by atoms with Crippen LogP contribution in [0.25, 0.3) is 0 Å². The van der Waals surface area contributed by atoms with Crippen LogP contribution in [0, 0.1) is 0 Å². The summed E-state index contributed by atoms with van der Waals surface area (Å²) in [6.45, 7) is 14.5. The summed E-state index contributed by atoms with van der Waals surface area (Å²) in [5, 5.41) is 0. The van der Waals surface area contributed by atoms with Crippen molar-refractivity contribution < 1.29 is 28.8 Å². The zero-order valence-corrected chi connectivity index (χ0v) is 24.3. The Labute approximate surface area is 201 Å². The first kappa shape index (κ1) is 28.9. The Hall–Kier alpha value is 0.863. The van der Waals surface area contributed by atoms with Crippen LogP contribution in [0.3, 0.4) is 0 Å². The Bertz CT molecular complexity index is 542. The summed E-state index contributed by atoms with van der Waals surface area (Å²) in [5.74, 6) is 0. The molecule has 0 saturated carbocycles. The second kappa shape index (κ2) is 14.9. The number of hydrogen-bond donors (Lipinski definition) is 0. The Morgan fingerprint density at radius 2 is 1.20 bits per heavy atom. The van der Waals surface area contributed by atoms with Gasteiger partial charge in [-0.1, -0.05) is 0 Å². The Kier molecular flexibility index (Phi) is 14.4. The molecule has 0 radical (unpaired) electrons. The fourth-order valence-corrected chi connectivity index (χ4v) is 7.86. The molecule has 1 rings (SSSR count). The molecule has 0 saturated heterocycles. The minimum absolute atomic E-state index is 0.0183. The van der Waals surface area contributed by atoms with Gasteiger partial charge < -0.3 is 0 Å². The molecule has 0 spiro atoms. The van der Waals surface area contributed by atoms with Crippen LogP contribution in [0.2, 0.25) is 0 Å². The number of unbranched alkanes of at least 4 members (excludes halogenated alkanes) is 6. The summed E-state index contributed by atoms with van der Waals surface area (Å²) in [5.41, 5.74) is 3.04. The van der Waals surface area contributed by atoms with Crippen molar-refractivity contribution in [1.29, 1.82) is 0 Å². The molecular formula is C25H45Cl2O2Zr. The fourth-order valence-electron chi connectivity index (χ4n) is 3.71. The average Bonchev–Trinajstić information content (AvgIpc) is 3.01. The van der Waals surface area contributed by atoms with Gasteiger partial charge in [0.1, 0.15) is 0 Å². The summed E-state index contributed by atoms with van der Waals surface area (Å²) in [6.07, 6.45) is 15.6. The molecule has 0 aromatic carbocycles. The van der Waals surface area contributed by atoms with E-state index in [0.717, 1.165) is 38.9 Å². The van der Waals surface area contributed by atoms with Gasteiger partial charge in [0.2, 0.25) is 0 Å². The normalized spacial score (nSPS) is 15.1. The van der Waals surface area contributed by atoms with Gasteiger partial charge in [0, 0.05) is 0 Å². The van der Waals surface area contributed by atoms with Crippen LogP contribution >= 0.6 is 17.0 Å². The monoisotopic (exact) mass is 537 g/mol. The topological polar surface area (TPSA) is 18.5 Å². The molecule has 0 aromatic rings. The van der Waals surface area contributed by atoms with Crippen molar-refractivity contribution in [2.24, 2.45) is 0 Å². The Balaban J connectivity index is 2.28. The van der Waals surface area contributed by atoms with E-state index in [1.807, 2.05) is 0 Å². The summed E-state index contributed by atoms with van der Waals surface area (Å²) in [4.78, 5) is 0. The van der Waals surface area contributed by atoms with Gasteiger partial charge in [0.15, 0.2) is 0 Å². The van der Waals surface area contributed by atoms with Gasteiger partial charge in [0.05, 0.1) is 0 Å². The zero-order valence-electron chi connectivity index (χ0n) is 20.3. The quantitative estimate of drug-likeness (QED) is 0.193. The van der Waals surface area contributed by atoms with Gasteiger partial charge in [-0.15, -0.1) is 0 Å². The maximum atomic E-state index is 6.46. The fraction of sp³-hybridized carbons (Fsp3) is 0.840. The van der Waals surface area contributed by atoms with Crippen LogP contribution in [0.15, 0.2) is 20.5 Å². The number of hydrogen-bond acceptors (Lipinski definition) is 2. The van der Waals surface area contributed by atoms with Gasteiger partial charge in [-0.2, -0.15) is 0 Å². The van der Waals surface area contributed by atoms with Crippen molar-refractivity contribution in [1.82, 2.24) is 0 Å². The van der Waals surface area contributed by atoms with Gasteiger partial charge in [0.25, 0.3) is 0 Å². The first-order chi connectivity index (χ1) is 14.0. The van der Waals surface area contributed by atoms with E-state index in [1.165, 1.54) is 53.8 Å². The van der Waals surface area contributed by atoms with Gasteiger partial charge >= 0.3 is 203 Å². The van der Waals surface area contributed by atoms with E-state index in [-0.39, 0.29) is 11.2 Å². The molecule has 0 unspecified atom stereocenters. The van der Waals surface area contributed by atoms with Gasteiger partial charge in [-0.05, 0) is 0 Å². The molecule has 0 aliphatic heterocycles. The molecule has 0 N–H and O–H groups in total. The van der Waals surface area contributed by atoms with Crippen molar-refractivity contribution in [2.45, 2.75) is 123 Å². The molecule has 0 heterocycles. The van der Waals surface area contributed by atoms with E-state index < -0.39 is 19.4 Å². The third-order valence-corrected chi connectivity index (χ3v) is 10.3. The number of halogens is 2. The number of ether oxygens (including phenoxy) is 2. The summed E-state index contributed by atoms with van der Waals surface area (Å²) in [6, 6.07) is 0. The van der Waals surface area contributed by atoms with Crippen molar-refractivity contribution in [3.8, 4) is 0 Å². The molecular weight excluding hydrogens is 494 g/mol. The van der Waals surface area contributed by atoms with Crippen LogP contribution in [0.4, 0.5) is 0 Å². The molecule has 1 aliphatic carbocycles. The molecule has 30 heavy (non-hydrogen) atoms. The van der Waals surface area contributed by atoms with Crippen molar-refractivity contribution in [3.63, 3.8) is 0 Å². The first-order valence-electron chi connectivity index (χ1n) is 11.9. The number of allylic oxidation sites excluding steroid dienone is 4. The molecule has 2 nitrogen and oxygen atoms in total. The molecule has 0 atom stereocenters. The van der Waals surface area contributed by atoms with E-state index in [4.69, 9.17) is 26.5 Å². The molecule has 0 amide bonds. The predicted octanol–water partition coefficient (Wildman–Crippen LogP) is 9.03. The molecule has 5 heteroatoms. The summed E-state index contributed by atoms with van der Waals surface area (Å²) >= 11 is -2.32. The summed E-state index contributed by atoms with van der Waals surface area (Å²) in [7, 11) is 12.9. The zero-order chi connectivity index (χ0) is 22.6. The second-order valence-electron chi connectivity index (χ2n) is 10.4. The van der Waals surface area contributed by atoms with E-state index in [2.05, 4.69) is 47.6 Å². The van der Waals surface area contributed by atoms with Crippen molar-refractivity contribution >= 4 is 17.0 Å². The first-order valence-corrected chi connectivity index (χ1v) is 19.4. The summed E-state index contributed by atoms with van der Waals surface area (Å²) < 4.78 is 13.1. The minimum atomic E-state index is -2.32. The van der Waals surface area contributed by atoms with Gasteiger partial charge in [-0.25, -0.2) is 0 Å². The number of rotatable bonds is 15. The third kappa shape index (κ3) is 14.1. The van der Waals surface area contributed by atoms with E-state index >= 15 is 0 Å². The molecule has 175 valence electrons. The van der Waals surface area contributed by atoms with Crippen LogP contribution in [0.5, 0.6) is 0 Å². The van der Waals surface area contributed by atoms with E-state index in [0.29, 0.717) is 0 Å². The predicted molar refractivity (Wildman–Crippen MR) is 129 cm³/mol. The second-order valence-corrected chi connectivity index (χ2v) is 18.8. The molecule has 0 fully saturated rings. The Morgan fingerprint density at radius 1 is 0.733 bits per heavy atom. The van der Waals surface area contributed by atoms with E-state index in [1.54, 1.807) is 5.57 Å². The maximum absolute atomic E-state index is 6.46.